The van der Waals surface area contributed by atoms with Crippen molar-refractivity contribution >= 4 is 0 Å². The summed E-state index contributed by atoms with van der Waals surface area (Å²) in [4.78, 5) is 0. The number of rotatable bonds is 10. The molecule has 0 saturated carbocycles. The van der Waals surface area contributed by atoms with Crippen molar-refractivity contribution in [1.29, 1.82) is 0 Å². The lowest BCUT2D eigenvalue weighted by molar-refractivity contribution is -0.00763. The minimum Gasteiger partial charge on any atom is -0.385 e. The summed E-state index contributed by atoms with van der Waals surface area (Å²) in [7, 11) is 1.69. The highest BCUT2D eigenvalue weighted by molar-refractivity contribution is 5.24. The fourth-order valence-corrected chi connectivity index (χ4v) is 1.95. The zero-order valence-electron chi connectivity index (χ0n) is 12.8. The van der Waals surface area contributed by atoms with E-state index in [0.29, 0.717) is 19.8 Å². The maximum Gasteiger partial charge on any atom is 0.0974 e. The molecule has 0 saturated heterocycles. The highest BCUT2D eigenvalue weighted by atomic mass is 16.5. The Morgan fingerprint density at radius 2 is 1.75 bits per heavy atom. The number of ether oxygens (including phenoxy) is 3. The van der Waals surface area contributed by atoms with Gasteiger partial charge in [0.15, 0.2) is 0 Å². The van der Waals surface area contributed by atoms with E-state index < -0.39 is 0 Å². The first kappa shape index (κ1) is 17.1. The van der Waals surface area contributed by atoms with Crippen LogP contribution in [0.5, 0.6) is 0 Å². The van der Waals surface area contributed by atoms with Crippen molar-refractivity contribution in [1.82, 2.24) is 0 Å². The summed E-state index contributed by atoms with van der Waals surface area (Å²) >= 11 is 0. The molecule has 0 aliphatic carbocycles. The van der Waals surface area contributed by atoms with E-state index in [1.807, 2.05) is 6.92 Å². The Morgan fingerprint density at radius 3 is 2.35 bits per heavy atom. The van der Waals surface area contributed by atoms with Crippen molar-refractivity contribution in [3.63, 3.8) is 0 Å². The van der Waals surface area contributed by atoms with Gasteiger partial charge in [0, 0.05) is 26.4 Å². The number of benzene rings is 1. The van der Waals surface area contributed by atoms with Gasteiger partial charge in [-0.25, -0.2) is 0 Å². The topological polar surface area (TPSA) is 53.7 Å². The summed E-state index contributed by atoms with van der Waals surface area (Å²) in [5.41, 5.74) is 8.36. The zero-order valence-corrected chi connectivity index (χ0v) is 12.8. The van der Waals surface area contributed by atoms with Gasteiger partial charge in [-0.1, -0.05) is 29.8 Å². The van der Waals surface area contributed by atoms with Crippen LogP contribution in [0.1, 0.15) is 30.6 Å². The number of aryl methyl sites for hydroxylation is 1. The van der Waals surface area contributed by atoms with Gasteiger partial charge in [0.25, 0.3) is 0 Å². The molecule has 4 nitrogen and oxygen atoms in total. The Morgan fingerprint density at radius 1 is 1.05 bits per heavy atom. The maximum atomic E-state index is 6.00. The van der Waals surface area contributed by atoms with E-state index in [0.717, 1.165) is 18.6 Å². The third-order valence-corrected chi connectivity index (χ3v) is 3.05. The summed E-state index contributed by atoms with van der Waals surface area (Å²) in [6.45, 7) is 6.59. The molecular formula is C16H27NO3. The molecule has 0 aromatic heterocycles. The lowest BCUT2D eigenvalue weighted by atomic mass is 10.0. The number of hydrogen-bond donors (Lipinski definition) is 1. The van der Waals surface area contributed by atoms with E-state index in [9.17, 15) is 0 Å². The molecule has 0 aliphatic rings. The molecule has 2 atom stereocenters. The van der Waals surface area contributed by atoms with Gasteiger partial charge in [-0.3, -0.25) is 0 Å². The van der Waals surface area contributed by atoms with Crippen LogP contribution in [0.3, 0.4) is 0 Å². The lowest BCUT2D eigenvalue weighted by Crippen LogP contribution is -2.28. The van der Waals surface area contributed by atoms with Gasteiger partial charge < -0.3 is 19.9 Å². The summed E-state index contributed by atoms with van der Waals surface area (Å²) < 4.78 is 16.3. The van der Waals surface area contributed by atoms with Crippen molar-refractivity contribution in [2.24, 2.45) is 5.73 Å². The standard InChI is InChI=1S/C16H27NO3/c1-13-5-7-15(8-6-13)16(14(2)17)20-12-11-19-10-4-9-18-3/h5-8,14,16H,4,9-12,17H2,1-3H3. The molecule has 1 aromatic carbocycles. The first-order valence-electron chi connectivity index (χ1n) is 7.15. The molecular weight excluding hydrogens is 254 g/mol. The Kier molecular flexibility index (Phi) is 8.46. The highest BCUT2D eigenvalue weighted by Gasteiger charge is 2.16. The van der Waals surface area contributed by atoms with Crippen LogP contribution in [0.2, 0.25) is 0 Å². The third-order valence-electron chi connectivity index (χ3n) is 3.05. The first-order chi connectivity index (χ1) is 9.65. The van der Waals surface area contributed by atoms with Crippen LogP contribution in [-0.4, -0.2) is 39.6 Å². The second-order valence-electron chi connectivity index (χ2n) is 5.02. The normalized spacial score (nSPS) is 14.2. The van der Waals surface area contributed by atoms with E-state index in [2.05, 4.69) is 31.2 Å². The van der Waals surface area contributed by atoms with Crippen LogP contribution in [0.15, 0.2) is 24.3 Å². The smallest absolute Gasteiger partial charge is 0.0974 e. The first-order valence-corrected chi connectivity index (χ1v) is 7.15. The number of nitrogens with two attached hydrogens (primary N) is 1. The molecule has 1 rings (SSSR count). The molecule has 2 N–H and O–H groups in total. The number of methoxy groups -OCH3 is 1. The van der Waals surface area contributed by atoms with E-state index in [1.165, 1.54) is 5.56 Å². The molecule has 2 unspecified atom stereocenters. The summed E-state index contributed by atoms with van der Waals surface area (Å²) in [5.74, 6) is 0. The van der Waals surface area contributed by atoms with Crippen LogP contribution in [0.4, 0.5) is 0 Å². The van der Waals surface area contributed by atoms with Gasteiger partial charge in [0.2, 0.25) is 0 Å². The van der Waals surface area contributed by atoms with Crippen molar-refractivity contribution in [3.05, 3.63) is 35.4 Å². The molecule has 1 aromatic rings. The van der Waals surface area contributed by atoms with Gasteiger partial charge in [-0.15, -0.1) is 0 Å². The Bertz CT molecular complexity index is 351. The molecule has 0 bridgehead atoms. The summed E-state index contributed by atoms with van der Waals surface area (Å²) in [6.07, 6.45) is 0.823. The largest absolute Gasteiger partial charge is 0.385 e. The van der Waals surface area contributed by atoms with Gasteiger partial charge in [0.05, 0.1) is 19.3 Å². The van der Waals surface area contributed by atoms with E-state index in [1.54, 1.807) is 7.11 Å². The number of hydrogen-bond acceptors (Lipinski definition) is 4. The monoisotopic (exact) mass is 281 g/mol. The van der Waals surface area contributed by atoms with E-state index >= 15 is 0 Å². The fraction of sp³-hybridized carbons (Fsp3) is 0.625. The van der Waals surface area contributed by atoms with Crippen LogP contribution in [-0.2, 0) is 14.2 Å². The summed E-state index contributed by atoms with van der Waals surface area (Å²) in [6, 6.07) is 8.25. The molecule has 0 fully saturated rings. The predicted molar refractivity (Wildman–Crippen MR) is 80.8 cm³/mol. The second kappa shape index (κ2) is 9.88. The molecule has 0 radical (unpaired) electrons. The summed E-state index contributed by atoms with van der Waals surface area (Å²) in [5, 5.41) is 0. The molecule has 114 valence electrons. The quantitative estimate of drug-likeness (QED) is 0.669. The Hall–Kier alpha value is -0.940. The van der Waals surface area contributed by atoms with Crippen molar-refractivity contribution < 1.29 is 14.2 Å². The average molecular weight is 281 g/mol. The average Bonchev–Trinajstić information content (AvgIpc) is 2.43. The lowest BCUT2D eigenvalue weighted by Gasteiger charge is -2.22. The van der Waals surface area contributed by atoms with Crippen LogP contribution >= 0.6 is 0 Å². The fourth-order valence-electron chi connectivity index (χ4n) is 1.95. The van der Waals surface area contributed by atoms with E-state index in [-0.39, 0.29) is 12.1 Å². The zero-order chi connectivity index (χ0) is 14.8. The second-order valence-corrected chi connectivity index (χ2v) is 5.02. The van der Waals surface area contributed by atoms with Crippen LogP contribution in [0, 0.1) is 6.92 Å². The van der Waals surface area contributed by atoms with Crippen LogP contribution < -0.4 is 5.73 Å². The molecule has 20 heavy (non-hydrogen) atoms. The molecule has 0 heterocycles. The molecule has 4 heteroatoms. The van der Waals surface area contributed by atoms with Crippen molar-refractivity contribution in [2.75, 3.05) is 33.5 Å². The molecule has 0 spiro atoms. The minimum atomic E-state index is -0.0850. The minimum absolute atomic E-state index is 0.0498. The van der Waals surface area contributed by atoms with Gasteiger partial charge in [-0.2, -0.15) is 0 Å². The Balaban J connectivity index is 2.31. The maximum absolute atomic E-state index is 6.00. The van der Waals surface area contributed by atoms with Crippen molar-refractivity contribution in [3.8, 4) is 0 Å². The van der Waals surface area contributed by atoms with Gasteiger partial charge in [0.1, 0.15) is 0 Å². The third kappa shape index (κ3) is 6.48. The van der Waals surface area contributed by atoms with Crippen LogP contribution in [0.25, 0.3) is 0 Å². The van der Waals surface area contributed by atoms with Crippen molar-refractivity contribution in [2.45, 2.75) is 32.4 Å². The van der Waals surface area contributed by atoms with E-state index in [4.69, 9.17) is 19.9 Å². The van der Waals surface area contributed by atoms with Gasteiger partial charge in [-0.05, 0) is 25.8 Å². The SMILES string of the molecule is COCCCOCCOC(c1ccc(C)cc1)C(C)N. The Labute approximate surface area is 122 Å². The predicted octanol–water partition coefficient (Wildman–Crippen LogP) is 2.45. The van der Waals surface area contributed by atoms with Gasteiger partial charge >= 0.3 is 0 Å². The molecule has 0 aliphatic heterocycles. The molecule has 0 amide bonds. The highest BCUT2D eigenvalue weighted by Crippen LogP contribution is 2.20.